The van der Waals surface area contributed by atoms with Crippen LogP contribution in [0.3, 0.4) is 0 Å². The number of methoxy groups -OCH3 is 1. The summed E-state index contributed by atoms with van der Waals surface area (Å²) < 4.78 is 4.89. The second-order valence-corrected chi connectivity index (χ2v) is 5.46. The molecular formula is C13H28ClN3O2. The number of likely N-dealkylation sites (N-methyl/N-ethyl adjacent to an activating group) is 1. The molecule has 0 heterocycles. The minimum absolute atomic E-state index is 0. The van der Waals surface area contributed by atoms with E-state index in [4.69, 9.17) is 10.5 Å². The van der Waals surface area contributed by atoms with E-state index in [0.717, 1.165) is 12.8 Å². The Kier molecular flexibility index (Phi) is 8.57. The highest BCUT2D eigenvalue weighted by Crippen LogP contribution is 2.31. The molecule has 1 aliphatic carbocycles. The SMILES string of the molecule is COCC(N)C(=O)NCC1(N(C)C)CCCCC1.Cl. The third-order valence-corrected chi connectivity index (χ3v) is 4.01. The number of ether oxygens (including phenoxy) is 1. The van der Waals surface area contributed by atoms with Gasteiger partial charge in [0.1, 0.15) is 6.04 Å². The zero-order valence-corrected chi connectivity index (χ0v) is 13.1. The molecule has 0 radical (unpaired) electrons. The van der Waals surface area contributed by atoms with E-state index in [1.165, 1.54) is 19.3 Å². The predicted molar refractivity (Wildman–Crippen MR) is 79.6 cm³/mol. The van der Waals surface area contributed by atoms with Gasteiger partial charge >= 0.3 is 0 Å². The van der Waals surface area contributed by atoms with Crippen LogP contribution in [0.1, 0.15) is 32.1 Å². The fourth-order valence-electron chi connectivity index (χ4n) is 2.63. The number of hydrogen-bond donors (Lipinski definition) is 2. The summed E-state index contributed by atoms with van der Waals surface area (Å²) in [5.41, 5.74) is 5.81. The molecule has 1 aliphatic rings. The summed E-state index contributed by atoms with van der Waals surface area (Å²) in [7, 11) is 5.73. The molecule has 3 N–H and O–H groups in total. The minimum atomic E-state index is -0.571. The summed E-state index contributed by atoms with van der Waals surface area (Å²) in [5, 5.41) is 2.97. The fraction of sp³-hybridized carbons (Fsp3) is 0.923. The van der Waals surface area contributed by atoms with E-state index in [9.17, 15) is 4.79 Å². The van der Waals surface area contributed by atoms with E-state index in [-0.39, 0.29) is 30.5 Å². The van der Waals surface area contributed by atoms with E-state index in [1.54, 1.807) is 7.11 Å². The normalized spacial score (nSPS) is 19.6. The number of hydrogen-bond acceptors (Lipinski definition) is 4. The lowest BCUT2D eigenvalue weighted by Gasteiger charge is -2.43. The van der Waals surface area contributed by atoms with Gasteiger partial charge in [-0.3, -0.25) is 4.79 Å². The van der Waals surface area contributed by atoms with E-state index in [0.29, 0.717) is 6.54 Å². The Morgan fingerprint density at radius 1 is 1.37 bits per heavy atom. The molecule has 1 fully saturated rings. The van der Waals surface area contributed by atoms with Crippen molar-refractivity contribution < 1.29 is 9.53 Å². The molecule has 5 nitrogen and oxygen atoms in total. The average molecular weight is 294 g/mol. The quantitative estimate of drug-likeness (QED) is 0.759. The second-order valence-electron chi connectivity index (χ2n) is 5.46. The van der Waals surface area contributed by atoms with Gasteiger partial charge in [0.25, 0.3) is 0 Å². The molecule has 0 aromatic heterocycles. The van der Waals surface area contributed by atoms with Crippen LogP contribution >= 0.6 is 12.4 Å². The van der Waals surface area contributed by atoms with E-state index < -0.39 is 6.04 Å². The summed E-state index contributed by atoms with van der Waals surface area (Å²) in [6.45, 7) is 0.942. The highest BCUT2D eigenvalue weighted by atomic mass is 35.5. The number of nitrogens with zero attached hydrogens (tertiary/aromatic N) is 1. The van der Waals surface area contributed by atoms with Crippen LogP contribution in [0.15, 0.2) is 0 Å². The largest absolute Gasteiger partial charge is 0.383 e. The Hall–Kier alpha value is -0.360. The molecule has 1 rings (SSSR count). The number of nitrogens with two attached hydrogens (primary N) is 1. The molecule has 1 amide bonds. The highest BCUT2D eigenvalue weighted by Gasteiger charge is 2.34. The molecule has 0 aromatic carbocycles. The number of carbonyl (C=O) groups is 1. The maximum Gasteiger partial charge on any atom is 0.239 e. The van der Waals surface area contributed by atoms with Gasteiger partial charge in [-0.1, -0.05) is 19.3 Å². The first kappa shape index (κ1) is 18.6. The molecule has 6 heteroatoms. The first-order valence-corrected chi connectivity index (χ1v) is 6.71. The lowest BCUT2D eigenvalue weighted by molar-refractivity contribution is -0.124. The summed E-state index contributed by atoms with van der Waals surface area (Å²) in [6.07, 6.45) is 6.04. The van der Waals surface area contributed by atoms with Gasteiger partial charge in [0, 0.05) is 19.2 Å². The third kappa shape index (κ3) is 5.26. The van der Waals surface area contributed by atoms with Crippen molar-refractivity contribution in [1.29, 1.82) is 0 Å². The number of amides is 1. The number of carbonyl (C=O) groups excluding carboxylic acids is 1. The van der Waals surface area contributed by atoms with E-state index in [1.807, 2.05) is 0 Å². The molecule has 19 heavy (non-hydrogen) atoms. The molecule has 0 bridgehead atoms. The third-order valence-electron chi connectivity index (χ3n) is 4.01. The van der Waals surface area contributed by atoms with Crippen molar-refractivity contribution >= 4 is 18.3 Å². The molecule has 0 saturated heterocycles. The Labute approximate surface area is 122 Å². The highest BCUT2D eigenvalue weighted by molar-refractivity contribution is 5.85. The topological polar surface area (TPSA) is 67.6 Å². The molecule has 114 valence electrons. The van der Waals surface area contributed by atoms with Gasteiger partial charge in [0.15, 0.2) is 0 Å². The zero-order chi connectivity index (χ0) is 13.6. The Bertz CT molecular complexity index is 269. The van der Waals surface area contributed by atoms with E-state index in [2.05, 4.69) is 24.3 Å². The molecule has 0 aromatic rings. The van der Waals surface area contributed by atoms with Crippen molar-refractivity contribution in [2.75, 3.05) is 34.4 Å². The summed E-state index contributed by atoms with van der Waals surface area (Å²) in [6, 6.07) is -0.571. The van der Waals surface area contributed by atoms with Gasteiger partial charge in [-0.05, 0) is 26.9 Å². The van der Waals surface area contributed by atoms with Crippen molar-refractivity contribution in [1.82, 2.24) is 10.2 Å². The second kappa shape index (κ2) is 8.74. The molecular weight excluding hydrogens is 266 g/mol. The van der Waals surface area contributed by atoms with Crippen molar-refractivity contribution in [2.24, 2.45) is 5.73 Å². The van der Waals surface area contributed by atoms with Crippen LogP contribution in [0.5, 0.6) is 0 Å². The van der Waals surface area contributed by atoms with Gasteiger partial charge < -0.3 is 20.7 Å². The molecule has 1 saturated carbocycles. The number of halogens is 1. The number of nitrogens with one attached hydrogen (secondary N) is 1. The smallest absolute Gasteiger partial charge is 0.239 e. The maximum absolute atomic E-state index is 11.8. The average Bonchev–Trinajstić information content (AvgIpc) is 2.37. The van der Waals surface area contributed by atoms with Gasteiger partial charge in [-0.25, -0.2) is 0 Å². The fourth-order valence-corrected chi connectivity index (χ4v) is 2.63. The lowest BCUT2D eigenvalue weighted by Crippen LogP contribution is -2.56. The van der Waals surface area contributed by atoms with Crippen LogP contribution in [0.25, 0.3) is 0 Å². The van der Waals surface area contributed by atoms with Gasteiger partial charge in [-0.2, -0.15) is 0 Å². The predicted octanol–water partition coefficient (Wildman–Crippen LogP) is 0.763. The van der Waals surface area contributed by atoms with Gasteiger partial charge in [0.2, 0.25) is 5.91 Å². The van der Waals surface area contributed by atoms with Crippen LogP contribution in [-0.2, 0) is 9.53 Å². The van der Waals surface area contributed by atoms with Crippen LogP contribution < -0.4 is 11.1 Å². The van der Waals surface area contributed by atoms with Crippen molar-refractivity contribution in [3.05, 3.63) is 0 Å². The Morgan fingerprint density at radius 3 is 2.42 bits per heavy atom. The first-order chi connectivity index (χ1) is 8.52. The van der Waals surface area contributed by atoms with Crippen molar-refractivity contribution in [3.8, 4) is 0 Å². The van der Waals surface area contributed by atoms with Crippen LogP contribution in [-0.4, -0.2) is 56.7 Å². The van der Waals surface area contributed by atoms with Crippen LogP contribution in [0, 0.1) is 0 Å². The van der Waals surface area contributed by atoms with Crippen molar-refractivity contribution in [3.63, 3.8) is 0 Å². The summed E-state index contributed by atoms with van der Waals surface area (Å²) in [4.78, 5) is 14.1. The zero-order valence-electron chi connectivity index (χ0n) is 12.3. The number of rotatable bonds is 6. The van der Waals surface area contributed by atoms with Crippen LogP contribution in [0.2, 0.25) is 0 Å². The standard InChI is InChI=1S/C13H27N3O2.ClH/c1-16(2)13(7-5-4-6-8-13)10-15-12(17)11(14)9-18-3;/h11H,4-10,14H2,1-3H3,(H,15,17);1H. The minimum Gasteiger partial charge on any atom is -0.383 e. The maximum atomic E-state index is 11.8. The molecule has 0 aliphatic heterocycles. The lowest BCUT2D eigenvalue weighted by atomic mass is 9.80. The van der Waals surface area contributed by atoms with Gasteiger partial charge in [0.05, 0.1) is 6.61 Å². The molecule has 1 unspecified atom stereocenters. The van der Waals surface area contributed by atoms with Crippen molar-refractivity contribution in [2.45, 2.75) is 43.7 Å². The summed E-state index contributed by atoms with van der Waals surface area (Å²) >= 11 is 0. The Morgan fingerprint density at radius 2 is 1.95 bits per heavy atom. The summed E-state index contributed by atoms with van der Waals surface area (Å²) in [5.74, 6) is -0.122. The first-order valence-electron chi connectivity index (χ1n) is 6.71. The van der Waals surface area contributed by atoms with Crippen LogP contribution in [0.4, 0.5) is 0 Å². The molecule has 0 spiro atoms. The molecule has 1 atom stereocenters. The monoisotopic (exact) mass is 293 g/mol. The van der Waals surface area contributed by atoms with E-state index >= 15 is 0 Å². The Balaban J connectivity index is 0.00000324. The van der Waals surface area contributed by atoms with Gasteiger partial charge in [-0.15, -0.1) is 12.4 Å².